The summed E-state index contributed by atoms with van der Waals surface area (Å²) < 4.78 is 5.11. The molecule has 6 aliphatic carbocycles. The van der Waals surface area contributed by atoms with E-state index in [1.54, 1.807) is 0 Å². The lowest BCUT2D eigenvalue weighted by atomic mass is 9.49. The van der Waals surface area contributed by atoms with Gasteiger partial charge in [-0.25, -0.2) is 5.43 Å². The summed E-state index contributed by atoms with van der Waals surface area (Å²) in [5.41, 5.74) is 3.65. The molecule has 7 nitrogen and oxygen atoms in total. The second-order valence-corrected chi connectivity index (χ2v) is 12.5. The lowest BCUT2D eigenvalue weighted by molar-refractivity contribution is -0.149. The van der Waals surface area contributed by atoms with E-state index in [4.69, 9.17) is 4.74 Å². The monoisotopic (exact) mass is 457 g/mol. The third-order valence-corrected chi connectivity index (χ3v) is 10.3. The van der Waals surface area contributed by atoms with Crippen LogP contribution in [0.2, 0.25) is 0 Å². The first-order chi connectivity index (χ1) is 15.6. The number of fused-ring (bicyclic) bond motifs is 2. The van der Waals surface area contributed by atoms with Gasteiger partial charge in [0.1, 0.15) is 0 Å². The molecule has 33 heavy (non-hydrogen) atoms. The standard InChI is InChI=1S/C26H39N3O4/c1-24(2)19-4-6-25(24,3)20(11-19)28-29-21(30)15-33-22(31)5-7-27-23(32)26-12-16-8-17(13-26)10-18(9-16)14-26/h16-19H,4-15H2,1-3H3,(H,27,32)(H,29,30)/b28-20-. The molecule has 2 atom stereocenters. The Bertz CT molecular complexity index is 843. The van der Waals surface area contributed by atoms with Gasteiger partial charge >= 0.3 is 5.97 Å². The van der Waals surface area contributed by atoms with E-state index < -0.39 is 11.9 Å². The fraction of sp³-hybridized carbons (Fsp3) is 0.846. The average Bonchev–Trinajstić information content (AvgIpc) is 3.08. The maximum absolute atomic E-state index is 12.9. The van der Waals surface area contributed by atoms with Crippen molar-refractivity contribution < 1.29 is 19.1 Å². The van der Waals surface area contributed by atoms with Gasteiger partial charge in [0.15, 0.2) is 6.61 Å². The summed E-state index contributed by atoms with van der Waals surface area (Å²) in [6.45, 7) is 6.74. The zero-order valence-electron chi connectivity index (χ0n) is 20.4. The van der Waals surface area contributed by atoms with Crippen molar-refractivity contribution in [3.05, 3.63) is 0 Å². The quantitative estimate of drug-likeness (QED) is 0.451. The number of hydrogen-bond donors (Lipinski definition) is 2. The molecule has 6 saturated carbocycles. The first-order valence-corrected chi connectivity index (χ1v) is 12.9. The third kappa shape index (κ3) is 3.89. The fourth-order valence-corrected chi connectivity index (χ4v) is 8.33. The van der Waals surface area contributed by atoms with Gasteiger partial charge in [0.25, 0.3) is 5.91 Å². The molecule has 2 amide bonds. The van der Waals surface area contributed by atoms with Crippen LogP contribution in [-0.4, -0.2) is 36.6 Å². The van der Waals surface area contributed by atoms with Crippen LogP contribution >= 0.6 is 0 Å². The Balaban J connectivity index is 1.02. The van der Waals surface area contributed by atoms with Gasteiger partial charge in [-0.2, -0.15) is 5.10 Å². The Hall–Kier alpha value is -1.92. The topological polar surface area (TPSA) is 96.9 Å². The number of hydrazone groups is 1. The van der Waals surface area contributed by atoms with Crippen LogP contribution in [0.4, 0.5) is 0 Å². The number of rotatable bonds is 7. The highest BCUT2D eigenvalue weighted by molar-refractivity contribution is 5.95. The van der Waals surface area contributed by atoms with E-state index in [1.807, 2.05) is 0 Å². The molecule has 6 rings (SSSR count). The SMILES string of the molecule is CC12CCC(C/C1=N/NC(=O)COC(=O)CCNC(=O)C13CC4CC(CC(C4)C1)C3)C2(C)C. The van der Waals surface area contributed by atoms with Crippen LogP contribution in [0.1, 0.15) is 85.0 Å². The van der Waals surface area contributed by atoms with Crippen molar-refractivity contribution >= 4 is 23.5 Å². The Morgan fingerprint density at radius 1 is 1.03 bits per heavy atom. The van der Waals surface area contributed by atoms with Gasteiger partial charge in [0.05, 0.1) is 6.42 Å². The van der Waals surface area contributed by atoms with Crippen LogP contribution in [0, 0.1) is 39.9 Å². The highest BCUT2D eigenvalue weighted by atomic mass is 16.5. The minimum Gasteiger partial charge on any atom is -0.455 e. The van der Waals surface area contributed by atoms with E-state index in [1.165, 1.54) is 25.7 Å². The Kier molecular flexibility index (Phi) is 5.60. The molecule has 0 aromatic heterocycles. The van der Waals surface area contributed by atoms with Crippen LogP contribution in [0.15, 0.2) is 5.10 Å². The summed E-state index contributed by atoms with van der Waals surface area (Å²) in [5, 5.41) is 7.38. The number of esters is 1. The van der Waals surface area contributed by atoms with E-state index in [2.05, 4.69) is 36.6 Å². The van der Waals surface area contributed by atoms with Crippen molar-refractivity contribution in [2.45, 2.75) is 85.0 Å². The number of hydrogen-bond acceptors (Lipinski definition) is 5. The van der Waals surface area contributed by atoms with Crippen LogP contribution in [-0.2, 0) is 19.1 Å². The Morgan fingerprint density at radius 2 is 1.67 bits per heavy atom. The fourth-order valence-electron chi connectivity index (χ4n) is 8.33. The lowest BCUT2D eigenvalue weighted by Crippen LogP contribution is -2.53. The van der Waals surface area contributed by atoms with Gasteiger partial charge in [-0.05, 0) is 86.9 Å². The predicted molar refractivity (Wildman–Crippen MR) is 124 cm³/mol. The van der Waals surface area contributed by atoms with Crippen molar-refractivity contribution in [2.24, 2.45) is 45.0 Å². The molecule has 6 fully saturated rings. The van der Waals surface area contributed by atoms with Gasteiger partial charge in [-0.3, -0.25) is 14.4 Å². The summed E-state index contributed by atoms with van der Waals surface area (Å²) in [6.07, 6.45) is 10.2. The molecule has 0 saturated heterocycles. The minimum absolute atomic E-state index is 0.0243. The number of carbonyl (C=O) groups excluding carboxylic acids is 3. The second kappa shape index (κ2) is 8.09. The summed E-state index contributed by atoms with van der Waals surface area (Å²) >= 11 is 0. The molecule has 0 aliphatic heterocycles. The normalized spacial score (nSPS) is 40.8. The second-order valence-electron chi connectivity index (χ2n) is 12.5. The van der Waals surface area contributed by atoms with E-state index in [9.17, 15) is 14.4 Å². The van der Waals surface area contributed by atoms with Crippen molar-refractivity contribution in [2.75, 3.05) is 13.2 Å². The molecule has 6 aliphatic rings. The molecule has 0 spiro atoms. The molecule has 0 aromatic carbocycles. The maximum atomic E-state index is 12.9. The van der Waals surface area contributed by atoms with Gasteiger partial charge in [-0.1, -0.05) is 20.8 Å². The Labute approximate surface area is 196 Å². The number of ether oxygens (including phenoxy) is 1. The molecule has 0 aromatic rings. The average molecular weight is 458 g/mol. The van der Waals surface area contributed by atoms with E-state index in [0.717, 1.165) is 37.8 Å². The summed E-state index contributed by atoms with van der Waals surface area (Å²) in [6, 6.07) is 0. The first-order valence-electron chi connectivity index (χ1n) is 12.9. The van der Waals surface area contributed by atoms with E-state index in [-0.39, 0.29) is 41.7 Å². The third-order valence-electron chi connectivity index (χ3n) is 10.3. The molecular formula is C26H39N3O4. The maximum Gasteiger partial charge on any atom is 0.308 e. The highest BCUT2D eigenvalue weighted by Gasteiger charge is 2.60. The molecule has 7 heteroatoms. The first kappa shape index (κ1) is 22.9. The van der Waals surface area contributed by atoms with Crippen LogP contribution in [0.3, 0.4) is 0 Å². The zero-order chi connectivity index (χ0) is 23.4. The number of nitrogens with zero attached hydrogens (tertiary/aromatic N) is 1. The van der Waals surface area contributed by atoms with Crippen molar-refractivity contribution in [1.82, 2.24) is 10.7 Å². The Morgan fingerprint density at radius 3 is 2.21 bits per heavy atom. The molecule has 182 valence electrons. The van der Waals surface area contributed by atoms with Gasteiger partial charge in [0.2, 0.25) is 5.91 Å². The molecule has 0 heterocycles. The lowest BCUT2D eigenvalue weighted by Gasteiger charge is -2.55. The molecule has 0 radical (unpaired) electrons. The largest absolute Gasteiger partial charge is 0.455 e. The summed E-state index contributed by atoms with van der Waals surface area (Å²) in [7, 11) is 0. The van der Waals surface area contributed by atoms with Crippen molar-refractivity contribution in [3.63, 3.8) is 0 Å². The smallest absolute Gasteiger partial charge is 0.308 e. The highest BCUT2D eigenvalue weighted by Crippen LogP contribution is 2.64. The van der Waals surface area contributed by atoms with E-state index >= 15 is 0 Å². The van der Waals surface area contributed by atoms with Gasteiger partial charge in [0, 0.05) is 23.1 Å². The van der Waals surface area contributed by atoms with E-state index in [0.29, 0.717) is 23.7 Å². The molecule has 2 N–H and O–H groups in total. The molecule has 2 unspecified atom stereocenters. The molecular weight excluding hydrogens is 418 g/mol. The summed E-state index contributed by atoms with van der Waals surface area (Å²) in [5.74, 6) is 1.97. The van der Waals surface area contributed by atoms with Crippen LogP contribution < -0.4 is 10.7 Å². The summed E-state index contributed by atoms with van der Waals surface area (Å²) in [4.78, 5) is 37.2. The molecule has 6 bridgehead atoms. The van der Waals surface area contributed by atoms with Crippen LogP contribution in [0.5, 0.6) is 0 Å². The van der Waals surface area contributed by atoms with Gasteiger partial charge in [-0.15, -0.1) is 0 Å². The predicted octanol–water partition coefficient (Wildman–Crippen LogP) is 3.57. The van der Waals surface area contributed by atoms with Crippen molar-refractivity contribution in [1.29, 1.82) is 0 Å². The van der Waals surface area contributed by atoms with Gasteiger partial charge < -0.3 is 10.1 Å². The number of nitrogens with one attached hydrogen (secondary N) is 2. The number of carbonyl (C=O) groups is 3. The van der Waals surface area contributed by atoms with Crippen molar-refractivity contribution in [3.8, 4) is 0 Å². The number of amides is 2. The minimum atomic E-state index is -0.475. The zero-order valence-corrected chi connectivity index (χ0v) is 20.4. The van der Waals surface area contributed by atoms with Crippen LogP contribution in [0.25, 0.3) is 0 Å².